The zero-order valence-electron chi connectivity index (χ0n) is 13.2. The average Bonchev–Trinajstić information content (AvgIpc) is 3.05. The number of aliphatic hydroxyl groups excluding tert-OH is 1. The molecule has 0 atom stereocenters. The van der Waals surface area contributed by atoms with E-state index >= 15 is 0 Å². The largest absolute Gasteiger partial charge is 0.392 e. The molecule has 0 aliphatic heterocycles. The van der Waals surface area contributed by atoms with Crippen molar-refractivity contribution in [3.05, 3.63) is 83.4 Å². The monoisotopic (exact) mass is 352 g/mol. The summed E-state index contributed by atoms with van der Waals surface area (Å²) in [7, 11) is 0. The molecule has 124 valence electrons. The Bertz CT molecular complexity index is 1060. The minimum atomic E-state index is -0.360. The van der Waals surface area contributed by atoms with Crippen LogP contribution in [0.4, 0.5) is 4.39 Å². The first-order valence-electron chi connectivity index (χ1n) is 7.78. The molecule has 2 aromatic carbocycles. The van der Waals surface area contributed by atoms with Gasteiger partial charge in [0.05, 0.1) is 12.3 Å². The molecule has 0 aliphatic rings. The Labute approximate surface area is 149 Å². The Morgan fingerprint density at radius 2 is 1.72 bits per heavy atom. The van der Waals surface area contributed by atoms with Gasteiger partial charge < -0.3 is 9.51 Å². The lowest BCUT2D eigenvalue weighted by Gasteiger charge is -2.08. The molecule has 0 saturated heterocycles. The van der Waals surface area contributed by atoms with E-state index in [-0.39, 0.29) is 12.4 Å². The second kappa shape index (κ2) is 6.31. The average molecular weight is 353 g/mol. The molecule has 5 heteroatoms. The molecule has 0 unspecified atom stereocenters. The van der Waals surface area contributed by atoms with Gasteiger partial charge in [-0.05, 0) is 53.1 Å². The molecule has 0 amide bonds. The molecule has 0 spiro atoms. The van der Waals surface area contributed by atoms with Crippen LogP contribution in [-0.4, -0.2) is 14.5 Å². The van der Waals surface area contributed by atoms with Gasteiger partial charge in [-0.25, -0.2) is 9.37 Å². The summed E-state index contributed by atoms with van der Waals surface area (Å²) in [6, 6.07) is 15.8. The molecule has 1 N–H and O–H groups in total. The number of hydrogen-bond donors (Lipinski definition) is 1. The molecular weight excluding hydrogens is 339 g/mol. The van der Waals surface area contributed by atoms with E-state index in [1.165, 1.54) is 12.1 Å². The molecular formula is C20H14ClFN2O. The van der Waals surface area contributed by atoms with Gasteiger partial charge in [0.25, 0.3) is 0 Å². The number of aromatic nitrogens is 2. The first kappa shape index (κ1) is 15.8. The molecule has 0 bridgehead atoms. The number of pyridine rings is 1. The van der Waals surface area contributed by atoms with Crippen molar-refractivity contribution in [3.63, 3.8) is 0 Å². The van der Waals surface area contributed by atoms with Crippen molar-refractivity contribution in [2.45, 2.75) is 6.61 Å². The maximum Gasteiger partial charge on any atom is 0.137 e. The quantitative estimate of drug-likeness (QED) is 0.566. The minimum Gasteiger partial charge on any atom is -0.392 e. The number of rotatable bonds is 3. The summed E-state index contributed by atoms with van der Waals surface area (Å²) in [6.45, 7) is -0.217. The molecule has 3 nitrogen and oxygen atoms in total. The highest BCUT2D eigenvalue weighted by atomic mass is 35.5. The molecule has 0 aliphatic carbocycles. The van der Waals surface area contributed by atoms with E-state index in [0.29, 0.717) is 10.6 Å². The van der Waals surface area contributed by atoms with Crippen molar-refractivity contribution in [2.24, 2.45) is 0 Å². The van der Waals surface area contributed by atoms with Crippen molar-refractivity contribution >= 4 is 17.2 Å². The second-order valence-electron chi connectivity index (χ2n) is 5.78. The highest BCUT2D eigenvalue weighted by Crippen LogP contribution is 2.27. The third-order valence-corrected chi connectivity index (χ3v) is 4.39. The number of fused-ring (bicyclic) bond motifs is 1. The lowest BCUT2D eigenvalue weighted by atomic mass is 10.0. The van der Waals surface area contributed by atoms with Crippen molar-refractivity contribution in [3.8, 4) is 22.4 Å². The van der Waals surface area contributed by atoms with Gasteiger partial charge in [-0.2, -0.15) is 0 Å². The predicted molar refractivity (Wildman–Crippen MR) is 97.0 cm³/mol. The van der Waals surface area contributed by atoms with Crippen LogP contribution in [0.1, 0.15) is 5.56 Å². The Kier molecular flexibility index (Phi) is 3.99. The highest BCUT2D eigenvalue weighted by molar-refractivity contribution is 6.30. The van der Waals surface area contributed by atoms with E-state index in [1.54, 1.807) is 6.07 Å². The number of imidazole rings is 1. The van der Waals surface area contributed by atoms with Crippen LogP contribution in [0.3, 0.4) is 0 Å². The van der Waals surface area contributed by atoms with E-state index in [1.807, 2.05) is 53.2 Å². The van der Waals surface area contributed by atoms with Crippen LogP contribution in [0.15, 0.2) is 67.0 Å². The topological polar surface area (TPSA) is 37.5 Å². The normalized spacial score (nSPS) is 11.2. The van der Waals surface area contributed by atoms with E-state index in [9.17, 15) is 9.50 Å². The summed E-state index contributed by atoms with van der Waals surface area (Å²) in [5, 5.41) is 10.2. The van der Waals surface area contributed by atoms with Gasteiger partial charge in [-0.1, -0.05) is 29.8 Å². The fourth-order valence-corrected chi connectivity index (χ4v) is 3.01. The standard InChI is InChI=1S/C20H14ClFN2O/c21-16-4-1-13(2-5-16)19-11-24-10-14(3-8-20(24)23-19)18-7-6-17(22)9-15(18)12-25/h1-11,25H,12H2. The zero-order valence-corrected chi connectivity index (χ0v) is 13.9. The summed E-state index contributed by atoms with van der Waals surface area (Å²) < 4.78 is 15.3. The van der Waals surface area contributed by atoms with Crippen LogP contribution in [0.25, 0.3) is 28.0 Å². The van der Waals surface area contributed by atoms with Crippen molar-refractivity contribution in [2.75, 3.05) is 0 Å². The van der Waals surface area contributed by atoms with Gasteiger partial charge in [0.15, 0.2) is 0 Å². The number of nitrogens with zero attached hydrogens (tertiary/aromatic N) is 2. The molecule has 0 radical (unpaired) electrons. The van der Waals surface area contributed by atoms with Gasteiger partial charge in [0.2, 0.25) is 0 Å². The minimum absolute atomic E-state index is 0.217. The summed E-state index contributed by atoms with van der Waals surface area (Å²) in [4.78, 5) is 4.61. The van der Waals surface area contributed by atoms with Gasteiger partial charge in [0.1, 0.15) is 11.5 Å². The second-order valence-corrected chi connectivity index (χ2v) is 6.21. The summed E-state index contributed by atoms with van der Waals surface area (Å²) in [6.07, 6.45) is 3.86. The van der Waals surface area contributed by atoms with Crippen LogP contribution in [0.2, 0.25) is 5.02 Å². The third-order valence-electron chi connectivity index (χ3n) is 4.14. The molecule has 4 rings (SSSR count). The number of halogens is 2. The summed E-state index contributed by atoms with van der Waals surface area (Å²) in [5.41, 5.74) is 4.87. The Hall–Kier alpha value is -2.69. The Balaban J connectivity index is 1.80. The van der Waals surface area contributed by atoms with Crippen molar-refractivity contribution in [1.82, 2.24) is 9.38 Å². The molecule has 25 heavy (non-hydrogen) atoms. The lowest BCUT2D eigenvalue weighted by molar-refractivity contribution is 0.282. The van der Waals surface area contributed by atoms with Gasteiger partial charge in [-0.3, -0.25) is 0 Å². The van der Waals surface area contributed by atoms with Crippen LogP contribution >= 0.6 is 11.6 Å². The SMILES string of the molecule is OCc1cc(F)ccc1-c1ccc2nc(-c3ccc(Cl)cc3)cn2c1. The molecule has 2 heterocycles. The fourth-order valence-electron chi connectivity index (χ4n) is 2.89. The maximum atomic E-state index is 13.4. The lowest BCUT2D eigenvalue weighted by Crippen LogP contribution is -1.93. The molecule has 2 aromatic heterocycles. The van der Waals surface area contributed by atoms with E-state index in [2.05, 4.69) is 4.98 Å². The Morgan fingerprint density at radius 1 is 0.960 bits per heavy atom. The van der Waals surface area contributed by atoms with E-state index in [4.69, 9.17) is 11.6 Å². The number of hydrogen-bond acceptors (Lipinski definition) is 2. The van der Waals surface area contributed by atoms with Crippen LogP contribution in [-0.2, 0) is 6.61 Å². The van der Waals surface area contributed by atoms with Gasteiger partial charge >= 0.3 is 0 Å². The molecule has 0 saturated carbocycles. The van der Waals surface area contributed by atoms with Gasteiger partial charge in [0, 0.05) is 23.0 Å². The molecule has 0 fully saturated rings. The molecule has 4 aromatic rings. The van der Waals surface area contributed by atoms with Crippen molar-refractivity contribution < 1.29 is 9.50 Å². The predicted octanol–water partition coefficient (Wildman–Crippen LogP) is 4.95. The zero-order chi connectivity index (χ0) is 17.4. The summed E-state index contributed by atoms with van der Waals surface area (Å²) >= 11 is 5.93. The first-order valence-corrected chi connectivity index (χ1v) is 8.16. The smallest absolute Gasteiger partial charge is 0.137 e. The highest BCUT2D eigenvalue weighted by Gasteiger charge is 2.09. The van der Waals surface area contributed by atoms with E-state index < -0.39 is 0 Å². The van der Waals surface area contributed by atoms with Crippen LogP contribution < -0.4 is 0 Å². The van der Waals surface area contributed by atoms with Crippen molar-refractivity contribution in [1.29, 1.82) is 0 Å². The van der Waals surface area contributed by atoms with E-state index in [0.717, 1.165) is 28.0 Å². The first-order chi connectivity index (χ1) is 12.1. The fraction of sp³-hybridized carbons (Fsp3) is 0.0500. The number of aliphatic hydroxyl groups is 1. The van der Waals surface area contributed by atoms with Crippen LogP contribution in [0.5, 0.6) is 0 Å². The van der Waals surface area contributed by atoms with Gasteiger partial charge in [-0.15, -0.1) is 0 Å². The number of benzene rings is 2. The summed E-state index contributed by atoms with van der Waals surface area (Å²) in [5.74, 6) is -0.360. The maximum absolute atomic E-state index is 13.4. The Morgan fingerprint density at radius 3 is 2.48 bits per heavy atom. The third kappa shape index (κ3) is 3.02. The van der Waals surface area contributed by atoms with Crippen LogP contribution in [0, 0.1) is 5.82 Å².